The number of hydrogen-bond acceptors (Lipinski definition) is 3. The van der Waals surface area contributed by atoms with Crippen molar-refractivity contribution in [2.24, 2.45) is 11.7 Å². The van der Waals surface area contributed by atoms with Gasteiger partial charge >= 0.3 is 0 Å². The molecule has 0 aliphatic heterocycles. The quantitative estimate of drug-likeness (QED) is 0.742. The lowest BCUT2D eigenvalue weighted by Gasteiger charge is -2.10. The predicted octanol–water partition coefficient (Wildman–Crippen LogP) is 1.28. The van der Waals surface area contributed by atoms with Gasteiger partial charge in [-0.25, -0.2) is 4.98 Å². The maximum absolute atomic E-state index is 6.12. The Bertz CT molecular complexity index is 309. The van der Waals surface area contributed by atoms with Gasteiger partial charge in [0.05, 0.1) is 7.11 Å². The molecule has 0 radical (unpaired) electrons. The normalized spacial score (nSPS) is 31.5. The van der Waals surface area contributed by atoms with Gasteiger partial charge in [-0.1, -0.05) is 13.0 Å². The van der Waals surface area contributed by atoms with E-state index in [1.165, 1.54) is 0 Å². The van der Waals surface area contributed by atoms with Crippen LogP contribution in [0.15, 0.2) is 18.3 Å². The van der Waals surface area contributed by atoms with Crippen molar-refractivity contribution >= 4 is 0 Å². The second kappa shape index (κ2) is 2.70. The van der Waals surface area contributed by atoms with Crippen molar-refractivity contribution in [3.63, 3.8) is 0 Å². The van der Waals surface area contributed by atoms with Crippen LogP contribution >= 0.6 is 0 Å². The molecule has 0 amide bonds. The smallest absolute Gasteiger partial charge is 0.212 e. The van der Waals surface area contributed by atoms with Crippen molar-refractivity contribution in [1.82, 2.24) is 4.98 Å². The van der Waals surface area contributed by atoms with E-state index in [0.717, 1.165) is 12.0 Å². The summed E-state index contributed by atoms with van der Waals surface area (Å²) in [6.07, 6.45) is 2.86. The minimum absolute atomic E-state index is 0.126. The van der Waals surface area contributed by atoms with Crippen LogP contribution in [0.1, 0.15) is 18.9 Å². The molecule has 1 aromatic rings. The zero-order valence-corrected chi connectivity index (χ0v) is 7.95. The van der Waals surface area contributed by atoms with Gasteiger partial charge in [-0.3, -0.25) is 0 Å². The van der Waals surface area contributed by atoms with E-state index in [1.807, 2.05) is 18.3 Å². The maximum atomic E-state index is 6.12. The van der Waals surface area contributed by atoms with Crippen molar-refractivity contribution in [1.29, 1.82) is 0 Å². The molecule has 1 fully saturated rings. The highest BCUT2D eigenvalue weighted by molar-refractivity contribution is 5.31. The Labute approximate surface area is 77.9 Å². The van der Waals surface area contributed by atoms with E-state index in [1.54, 1.807) is 7.11 Å². The summed E-state index contributed by atoms with van der Waals surface area (Å²) < 4.78 is 4.98. The number of nitrogens with zero attached hydrogens (tertiary/aromatic N) is 1. The van der Waals surface area contributed by atoms with E-state index >= 15 is 0 Å². The van der Waals surface area contributed by atoms with Crippen LogP contribution in [0, 0.1) is 5.92 Å². The molecule has 1 aromatic heterocycles. The van der Waals surface area contributed by atoms with E-state index in [9.17, 15) is 0 Å². The second-order valence-corrected chi connectivity index (χ2v) is 3.73. The molecule has 13 heavy (non-hydrogen) atoms. The van der Waals surface area contributed by atoms with E-state index in [2.05, 4.69) is 11.9 Å². The Hall–Kier alpha value is -1.09. The summed E-state index contributed by atoms with van der Waals surface area (Å²) in [7, 11) is 1.61. The third-order valence-electron chi connectivity index (χ3n) is 2.85. The molecule has 3 heteroatoms. The Morgan fingerprint density at radius 2 is 2.31 bits per heavy atom. The summed E-state index contributed by atoms with van der Waals surface area (Å²) >= 11 is 0. The fourth-order valence-electron chi connectivity index (χ4n) is 1.63. The monoisotopic (exact) mass is 178 g/mol. The lowest BCUT2D eigenvalue weighted by molar-refractivity contribution is 0.397. The van der Waals surface area contributed by atoms with Crippen LogP contribution in [0.3, 0.4) is 0 Å². The second-order valence-electron chi connectivity index (χ2n) is 3.73. The number of ether oxygens (including phenoxy) is 1. The largest absolute Gasteiger partial charge is 0.481 e. The highest BCUT2D eigenvalue weighted by Gasteiger charge is 2.49. The molecule has 1 aliphatic rings. The van der Waals surface area contributed by atoms with Gasteiger partial charge in [-0.05, 0) is 17.9 Å². The van der Waals surface area contributed by atoms with Crippen molar-refractivity contribution in [3.8, 4) is 5.88 Å². The molecule has 0 bridgehead atoms. The molecule has 0 spiro atoms. The van der Waals surface area contributed by atoms with Gasteiger partial charge in [-0.15, -0.1) is 0 Å². The van der Waals surface area contributed by atoms with E-state index in [-0.39, 0.29) is 5.54 Å². The number of rotatable bonds is 2. The Morgan fingerprint density at radius 1 is 1.62 bits per heavy atom. The highest BCUT2D eigenvalue weighted by atomic mass is 16.5. The molecule has 70 valence electrons. The minimum Gasteiger partial charge on any atom is -0.481 e. The summed E-state index contributed by atoms with van der Waals surface area (Å²) in [5.74, 6) is 1.21. The highest BCUT2D eigenvalue weighted by Crippen LogP contribution is 2.48. The first kappa shape index (κ1) is 8.51. The van der Waals surface area contributed by atoms with Crippen LogP contribution in [0.4, 0.5) is 0 Å². The maximum Gasteiger partial charge on any atom is 0.212 e. The molecule has 0 aromatic carbocycles. The summed E-state index contributed by atoms with van der Waals surface area (Å²) in [5, 5.41) is 0. The third kappa shape index (κ3) is 1.29. The first-order valence-corrected chi connectivity index (χ1v) is 4.46. The molecule has 3 nitrogen and oxygen atoms in total. The lowest BCUT2D eigenvalue weighted by Crippen LogP contribution is -2.21. The summed E-state index contributed by atoms with van der Waals surface area (Å²) in [6.45, 7) is 2.16. The van der Waals surface area contributed by atoms with Crippen LogP contribution in [-0.4, -0.2) is 12.1 Å². The number of nitrogens with two attached hydrogens (primary N) is 1. The Balaban J connectivity index is 2.24. The first-order chi connectivity index (χ1) is 6.16. The number of aromatic nitrogens is 1. The Morgan fingerprint density at radius 3 is 2.69 bits per heavy atom. The molecule has 2 atom stereocenters. The fourth-order valence-corrected chi connectivity index (χ4v) is 1.63. The SMILES string of the molecule is COc1ccc(C2(N)CC2C)cn1. The van der Waals surface area contributed by atoms with Gasteiger partial charge in [0.1, 0.15) is 0 Å². The van der Waals surface area contributed by atoms with Gasteiger partial charge in [0, 0.05) is 17.8 Å². The molecule has 1 aliphatic carbocycles. The zero-order chi connectivity index (χ0) is 9.47. The zero-order valence-electron chi connectivity index (χ0n) is 7.95. The summed E-state index contributed by atoms with van der Waals surface area (Å²) in [6, 6.07) is 3.85. The minimum atomic E-state index is -0.126. The average molecular weight is 178 g/mol. The van der Waals surface area contributed by atoms with Crippen molar-refractivity contribution in [2.45, 2.75) is 18.9 Å². The predicted molar refractivity (Wildman–Crippen MR) is 50.4 cm³/mol. The van der Waals surface area contributed by atoms with Crippen molar-refractivity contribution < 1.29 is 4.74 Å². The van der Waals surface area contributed by atoms with Crippen LogP contribution in [0.5, 0.6) is 5.88 Å². The summed E-state index contributed by atoms with van der Waals surface area (Å²) in [5.41, 5.74) is 7.11. The molecular weight excluding hydrogens is 164 g/mol. The van der Waals surface area contributed by atoms with Gasteiger partial charge in [0.25, 0.3) is 0 Å². The molecule has 1 saturated carbocycles. The number of methoxy groups -OCH3 is 1. The van der Waals surface area contributed by atoms with Gasteiger partial charge in [0.2, 0.25) is 5.88 Å². The van der Waals surface area contributed by atoms with Gasteiger partial charge in [0.15, 0.2) is 0 Å². The third-order valence-corrected chi connectivity index (χ3v) is 2.85. The summed E-state index contributed by atoms with van der Waals surface area (Å²) in [4.78, 5) is 4.14. The molecule has 2 N–H and O–H groups in total. The standard InChI is InChI=1S/C10H14N2O/c1-7-5-10(7,11)8-3-4-9(13-2)12-6-8/h3-4,6-7H,5,11H2,1-2H3. The van der Waals surface area contributed by atoms with Crippen LogP contribution in [0.25, 0.3) is 0 Å². The number of hydrogen-bond donors (Lipinski definition) is 1. The topological polar surface area (TPSA) is 48.1 Å². The van der Waals surface area contributed by atoms with E-state index in [0.29, 0.717) is 11.8 Å². The fraction of sp³-hybridized carbons (Fsp3) is 0.500. The van der Waals surface area contributed by atoms with Gasteiger partial charge < -0.3 is 10.5 Å². The Kier molecular flexibility index (Phi) is 1.77. The van der Waals surface area contributed by atoms with E-state index in [4.69, 9.17) is 10.5 Å². The first-order valence-electron chi connectivity index (χ1n) is 4.46. The molecule has 2 unspecified atom stereocenters. The molecule has 0 saturated heterocycles. The number of pyridine rings is 1. The van der Waals surface area contributed by atoms with Gasteiger partial charge in [-0.2, -0.15) is 0 Å². The average Bonchev–Trinajstić information content (AvgIpc) is 2.76. The van der Waals surface area contributed by atoms with Crippen molar-refractivity contribution in [3.05, 3.63) is 23.9 Å². The van der Waals surface area contributed by atoms with Crippen LogP contribution < -0.4 is 10.5 Å². The molecule has 1 heterocycles. The molecule has 2 rings (SSSR count). The van der Waals surface area contributed by atoms with Crippen LogP contribution in [0.2, 0.25) is 0 Å². The molecular formula is C10H14N2O. The lowest BCUT2D eigenvalue weighted by atomic mass is 10.1. The van der Waals surface area contributed by atoms with E-state index < -0.39 is 0 Å². The van der Waals surface area contributed by atoms with Crippen molar-refractivity contribution in [2.75, 3.05) is 7.11 Å². The van der Waals surface area contributed by atoms with Crippen LogP contribution in [-0.2, 0) is 5.54 Å².